The molecule has 1 aliphatic rings. The summed E-state index contributed by atoms with van der Waals surface area (Å²) in [4.78, 5) is 14.8. The maximum Gasteiger partial charge on any atom is 0.256 e. The summed E-state index contributed by atoms with van der Waals surface area (Å²) in [6.45, 7) is 6.28. The Morgan fingerprint density at radius 3 is 2.43 bits per heavy atom. The Labute approximate surface area is 125 Å². The van der Waals surface area contributed by atoms with Crippen LogP contribution in [0.1, 0.15) is 34.0 Å². The van der Waals surface area contributed by atoms with Gasteiger partial charge in [0.25, 0.3) is 5.91 Å². The Kier molecular flexibility index (Phi) is 3.65. The molecule has 1 heterocycles. The average molecular weight is 280 g/mol. The standard InChI is InChI=1S/C18H20N2O/c1-3-19-17-9-8-13(2)10-16(17)18(21)20-11-14-6-4-5-7-15(14)12-20/h4-10,19H,3,11-12H2,1-2H3. The molecule has 0 saturated heterocycles. The monoisotopic (exact) mass is 280 g/mol. The molecule has 0 spiro atoms. The molecule has 2 aromatic carbocycles. The van der Waals surface area contributed by atoms with Crippen molar-refractivity contribution in [1.29, 1.82) is 0 Å². The molecule has 1 N–H and O–H groups in total. The molecule has 0 radical (unpaired) electrons. The zero-order chi connectivity index (χ0) is 14.8. The minimum Gasteiger partial charge on any atom is -0.385 e. The summed E-state index contributed by atoms with van der Waals surface area (Å²) in [7, 11) is 0. The normalized spacial score (nSPS) is 13.1. The molecular formula is C18H20N2O. The van der Waals surface area contributed by atoms with Crippen molar-refractivity contribution in [3.63, 3.8) is 0 Å². The van der Waals surface area contributed by atoms with Crippen LogP contribution in [-0.2, 0) is 13.1 Å². The number of aryl methyl sites for hydroxylation is 1. The van der Waals surface area contributed by atoms with Gasteiger partial charge < -0.3 is 10.2 Å². The van der Waals surface area contributed by atoms with E-state index in [1.165, 1.54) is 11.1 Å². The van der Waals surface area contributed by atoms with Gasteiger partial charge in [0.15, 0.2) is 0 Å². The van der Waals surface area contributed by atoms with Gasteiger partial charge in [-0.05, 0) is 37.1 Å². The minimum absolute atomic E-state index is 0.103. The van der Waals surface area contributed by atoms with Gasteiger partial charge in [0, 0.05) is 25.3 Å². The molecular weight excluding hydrogens is 260 g/mol. The van der Waals surface area contributed by atoms with Gasteiger partial charge in [0.1, 0.15) is 0 Å². The zero-order valence-corrected chi connectivity index (χ0v) is 12.5. The predicted molar refractivity (Wildman–Crippen MR) is 85.4 cm³/mol. The summed E-state index contributed by atoms with van der Waals surface area (Å²) in [5, 5.41) is 3.28. The van der Waals surface area contributed by atoms with Gasteiger partial charge >= 0.3 is 0 Å². The van der Waals surface area contributed by atoms with E-state index in [-0.39, 0.29) is 5.91 Å². The largest absolute Gasteiger partial charge is 0.385 e. The van der Waals surface area contributed by atoms with E-state index in [1.807, 2.05) is 49.1 Å². The van der Waals surface area contributed by atoms with Crippen molar-refractivity contribution in [2.24, 2.45) is 0 Å². The van der Waals surface area contributed by atoms with Gasteiger partial charge in [0.05, 0.1) is 5.56 Å². The quantitative estimate of drug-likeness (QED) is 0.932. The maximum atomic E-state index is 12.8. The van der Waals surface area contributed by atoms with Crippen molar-refractivity contribution in [2.45, 2.75) is 26.9 Å². The number of rotatable bonds is 3. The van der Waals surface area contributed by atoms with Gasteiger partial charge in [-0.25, -0.2) is 0 Å². The third-order valence-electron chi connectivity index (χ3n) is 3.90. The second-order valence-corrected chi connectivity index (χ2v) is 5.51. The maximum absolute atomic E-state index is 12.8. The van der Waals surface area contributed by atoms with Crippen molar-refractivity contribution < 1.29 is 4.79 Å². The highest BCUT2D eigenvalue weighted by molar-refractivity contribution is 6.00. The number of hydrogen-bond donors (Lipinski definition) is 1. The van der Waals surface area contributed by atoms with E-state index in [1.54, 1.807) is 0 Å². The van der Waals surface area contributed by atoms with Crippen LogP contribution in [0.15, 0.2) is 42.5 Å². The number of nitrogens with one attached hydrogen (secondary N) is 1. The van der Waals surface area contributed by atoms with Crippen molar-refractivity contribution in [3.8, 4) is 0 Å². The first kappa shape index (κ1) is 13.7. The van der Waals surface area contributed by atoms with Crippen molar-refractivity contribution in [1.82, 2.24) is 4.90 Å². The molecule has 0 bridgehead atoms. The molecule has 0 unspecified atom stereocenters. The summed E-state index contributed by atoms with van der Waals surface area (Å²) in [5.41, 5.74) is 5.30. The molecule has 21 heavy (non-hydrogen) atoms. The lowest BCUT2D eigenvalue weighted by Crippen LogP contribution is -2.26. The molecule has 108 valence electrons. The Balaban J connectivity index is 1.88. The molecule has 0 aliphatic carbocycles. The molecule has 1 amide bonds. The summed E-state index contributed by atoms with van der Waals surface area (Å²) in [5.74, 6) is 0.103. The lowest BCUT2D eigenvalue weighted by atomic mass is 10.1. The highest BCUT2D eigenvalue weighted by Crippen LogP contribution is 2.26. The van der Waals surface area contributed by atoms with E-state index < -0.39 is 0 Å². The van der Waals surface area contributed by atoms with Gasteiger partial charge in [-0.15, -0.1) is 0 Å². The highest BCUT2D eigenvalue weighted by Gasteiger charge is 2.25. The van der Waals surface area contributed by atoms with Crippen LogP contribution in [0.25, 0.3) is 0 Å². The Bertz CT molecular complexity index is 654. The fraction of sp³-hybridized carbons (Fsp3) is 0.278. The lowest BCUT2D eigenvalue weighted by Gasteiger charge is -2.18. The van der Waals surface area contributed by atoms with Gasteiger partial charge in [-0.1, -0.05) is 35.9 Å². The first-order chi connectivity index (χ1) is 10.2. The van der Waals surface area contributed by atoms with Crippen LogP contribution in [0.2, 0.25) is 0 Å². The second kappa shape index (κ2) is 5.60. The molecule has 0 aromatic heterocycles. The Morgan fingerprint density at radius 2 is 1.81 bits per heavy atom. The number of fused-ring (bicyclic) bond motifs is 1. The SMILES string of the molecule is CCNc1ccc(C)cc1C(=O)N1Cc2ccccc2C1. The fourth-order valence-corrected chi connectivity index (χ4v) is 2.83. The van der Waals surface area contributed by atoms with E-state index in [2.05, 4.69) is 17.4 Å². The van der Waals surface area contributed by atoms with Crippen molar-refractivity contribution in [2.75, 3.05) is 11.9 Å². The fourth-order valence-electron chi connectivity index (χ4n) is 2.83. The third kappa shape index (κ3) is 2.64. The number of carbonyl (C=O) groups excluding carboxylic acids is 1. The van der Waals surface area contributed by atoms with Crippen LogP contribution in [0, 0.1) is 6.92 Å². The lowest BCUT2D eigenvalue weighted by molar-refractivity contribution is 0.0752. The molecule has 0 fully saturated rings. The van der Waals surface area contributed by atoms with Gasteiger partial charge in [-0.3, -0.25) is 4.79 Å². The number of anilines is 1. The summed E-state index contributed by atoms with van der Waals surface area (Å²) in [6, 6.07) is 14.3. The summed E-state index contributed by atoms with van der Waals surface area (Å²) < 4.78 is 0. The molecule has 3 heteroatoms. The van der Waals surface area contributed by atoms with Crippen LogP contribution < -0.4 is 5.32 Å². The number of amides is 1. The van der Waals surface area contributed by atoms with E-state index in [9.17, 15) is 4.79 Å². The molecule has 0 atom stereocenters. The summed E-state index contributed by atoms with van der Waals surface area (Å²) >= 11 is 0. The van der Waals surface area contributed by atoms with Crippen molar-refractivity contribution in [3.05, 3.63) is 64.7 Å². The second-order valence-electron chi connectivity index (χ2n) is 5.51. The first-order valence-corrected chi connectivity index (χ1v) is 7.39. The van der Waals surface area contributed by atoms with Gasteiger partial charge in [-0.2, -0.15) is 0 Å². The third-order valence-corrected chi connectivity index (χ3v) is 3.90. The number of nitrogens with zero attached hydrogens (tertiary/aromatic N) is 1. The Hall–Kier alpha value is -2.29. The van der Waals surface area contributed by atoms with E-state index in [0.29, 0.717) is 13.1 Å². The van der Waals surface area contributed by atoms with Crippen molar-refractivity contribution >= 4 is 11.6 Å². The van der Waals surface area contributed by atoms with E-state index in [4.69, 9.17) is 0 Å². The van der Waals surface area contributed by atoms with Crippen LogP contribution in [0.3, 0.4) is 0 Å². The highest BCUT2D eigenvalue weighted by atomic mass is 16.2. The van der Waals surface area contributed by atoms with Crippen LogP contribution in [-0.4, -0.2) is 17.4 Å². The van der Waals surface area contributed by atoms with Crippen LogP contribution >= 0.6 is 0 Å². The minimum atomic E-state index is 0.103. The molecule has 3 nitrogen and oxygen atoms in total. The topological polar surface area (TPSA) is 32.3 Å². The van der Waals surface area contributed by atoms with E-state index >= 15 is 0 Å². The number of carbonyl (C=O) groups is 1. The number of benzene rings is 2. The zero-order valence-electron chi connectivity index (χ0n) is 12.5. The summed E-state index contributed by atoms with van der Waals surface area (Å²) in [6.07, 6.45) is 0. The molecule has 0 saturated carbocycles. The Morgan fingerprint density at radius 1 is 1.14 bits per heavy atom. The van der Waals surface area contributed by atoms with Crippen LogP contribution in [0.5, 0.6) is 0 Å². The van der Waals surface area contributed by atoms with Crippen LogP contribution in [0.4, 0.5) is 5.69 Å². The van der Waals surface area contributed by atoms with Gasteiger partial charge in [0.2, 0.25) is 0 Å². The molecule has 1 aliphatic heterocycles. The van der Waals surface area contributed by atoms with E-state index in [0.717, 1.165) is 23.4 Å². The molecule has 3 rings (SSSR count). The first-order valence-electron chi connectivity index (χ1n) is 7.39. The predicted octanol–water partition coefficient (Wildman–Crippen LogP) is 3.58. The smallest absolute Gasteiger partial charge is 0.256 e. The average Bonchev–Trinajstić information content (AvgIpc) is 2.92. The molecule has 2 aromatic rings. The number of hydrogen-bond acceptors (Lipinski definition) is 2.